The molecule has 108 valence electrons. The largest absolute Gasteiger partial charge is 0.383 e. The maximum atomic E-state index is 5.27. The number of ether oxygens (including phenoxy) is 1. The first kappa shape index (κ1) is 15.4. The van der Waals surface area contributed by atoms with Gasteiger partial charge < -0.3 is 10.1 Å². The van der Waals surface area contributed by atoms with E-state index in [1.165, 1.54) is 5.56 Å². The van der Waals surface area contributed by atoms with Crippen molar-refractivity contribution < 1.29 is 4.74 Å². The molecule has 1 N–H and O–H groups in total. The molecule has 0 amide bonds. The monoisotopic (exact) mass is 336 g/mol. The van der Waals surface area contributed by atoms with Crippen molar-refractivity contribution in [2.75, 3.05) is 13.7 Å². The van der Waals surface area contributed by atoms with Crippen LogP contribution in [0, 0.1) is 0 Å². The Balaban J connectivity index is 2.15. The minimum Gasteiger partial charge on any atom is -0.383 e. The van der Waals surface area contributed by atoms with Crippen LogP contribution in [0.3, 0.4) is 0 Å². The lowest BCUT2D eigenvalue weighted by Gasteiger charge is -2.17. The van der Waals surface area contributed by atoms with Gasteiger partial charge in [-0.1, -0.05) is 41.4 Å². The first-order valence-corrected chi connectivity index (χ1v) is 7.80. The van der Waals surface area contributed by atoms with Gasteiger partial charge in [0.05, 0.1) is 12.1 Å². The highest BCUT2D eigenvalue weighted by atomic mass is 79.9. The Morgan fingerprint density at radius 2 is 2.20 bits per heavy atom. The molecule has 0 saturated carbocycles. The number of pyridine rings is 1. The number of nitrogens with one attached hydrogen (secondary N) is 1. The van der Waals surface area contributed by atoms with Crippen molar-refractivity contribution in [1.82, 2.24) is 10.3 Å². The smallest absolute Gasteiger partial charge is 0.0758 e. The second-order valence-electron chi connectivity index (χ2n) is 4.93. The van der Waals surface area contributed by atoms with E-state index in [0.29, 0.717) is 6.04 Å². The van der Waals surface area contributed by atoms with Gasteiger partial charge in [0.1, 0.15) is 0 Å². The van der Waals surface area contributed by atoms with E-state index in [9.17, 15) is 0 Å². The highest BCUT2D eigenvalue weighted by Gasteiger charge is 2.09. The number of hydrogen-bond acceptors (Lipinski definition) is 3. The SMILES string of the molecule is CCCC(COC)NCc1ccc(Br)c2cccnc12. The minimum absolute atomic E-state index is 0.396. The van der Waals surface area contributed by atoms with Crippen LogP contribution in [0.25, 0.3) is 10.9 Å². The highest BCUT2D eigenvalue weighted by molar-refractivity contribution is 9.10. The summed E-state index contributed by atoms with van der Waals surface area (Å²) in [6.45, 7) is 3.76. The predicted octanol–water partition coefficient (Wildman–Crippen LogP) is 3.90. The van der Waals surface area contributed by atoms with E-state index in [0.717, 1.165) is 41.4 Å². The number of fused-ring (bicyclic) bond motifs is 1. The van der Waals surface area contributed by atoms with Crippen LogP contribution in [-0.2, 0) is 11.3 Å². The van der Waals surface area contributed by atoms with Gasteiger partial charge in [-0.2, -0.15) is 0 Å². The molecular weight excluding hydrogens is 316 g/mol. The first-order valence-electron chi connectivity index (χ1n) is 7.00. The molecule has 3 nitrogen and oxygen atoms in total. The summed E-state index contributed by atoms with van der Waals surface area (Å²) in [5.41, 5.74) is 2.28. The van der Waals surface area contributed by atoms with Crippen molar-refractivity contribution in [2.45, 2.75) is 32.4 Å². The van der Waals surface area contributed by atoms with Crippen molar-refractivity contribution in [3.63, 3.8) is 0 Å². The summed E-state index contributed by atoms with van der Waals surface area (Å²) in [6, 6.07) is 8.67. The number of aromatic nitrogens is 1. The van der Waals surface area contributed by atoms with E-state index in [2.05, 4.69) is 51.4 Å². The second kappa shape index (κ2) is 7.72. The summed E-state index contributed by atoms with van der Waals surface area (Å²) in [7, 11) is 1.75. The third-order valence-electron chi connectivity index (χ3n) is 3.39. The third kappa shape index (κ3) is 3.78. The maximum Gasteiger partial charge on any atom is 0.0758 e. The summed E-state index contributed by atoms with van der Waals surface area (Å²) in [5.74, 6) is 0. The molecule has 1 heterocycles. The van der Waals surface area contributed by atoms with Gasteiger partial charge >= 0.3 is 0 Å². The average Bonchev–Trinajstić information content (AvgIpc) is 2.47. The van der Waals surface area contributed by atoms with E-state index in [-0.39, 0.29) is 0 Å². The molecule has 0 aliphatic carbocycles. The number of halogens is 1. The molecule has 0 bridgehead atoms. The van der Waals surface area contributed by atoms with Crippen LogP contribution in [0.5, 0.6) is 0 Å². The zero-order valence-electron chi connectivity index (χ0n) is 12.0. The molecule has 0 fully saturated rings. The molecule has 0 saturated heterocycles. The zero-order chi connectivity index (χ0) is 14.4. The third-order valence-corrected chi connectivity index (χ3v) is 4.08. The Bertz CT molecular complexity index is 553. The zero-order valence-corrected chi connectivity index (χ0v) is 13.6. The van der Waals surface area contributed by atoms with Crippen LogP contribution in [0.4, 0.5) is 0 Å². The lowest BCUT2D eigenvalue weighted by molar-refractivity contribution is 0.161. The van der Waals surface area contributed by atoms with E-state index in [4.69, 9.17) is 4.74 Å². The summed E-state index contributed by atoms with van der Waals surface area (Å²) in [4.78, 5) is 4.51. The van der Waals surface area contributed by atoms with Gasteiger partial charge in [0.2, 0.25) is 0 Å². The van der Waals surface area contributed by atoms with Crippen molar-refractivity contribution in [3.8, 4) is 0 Å². The van der Waals surface area contributed by atoms with Crippen molar-refractivity contribution in [1.29, 1.82) is 0 Å². The second-order valence-corrected chi connectivity index (χ2v) is 5.78. The van der Waals surface area contributed by atoms with Crippen molar-refractivity contribution in [3.05, 3.63) is 40.5 Å². The van der Waals surface area contributed by atoms with Crippen molar-refractivity contribution >= 4 is 26.8 Å². The van der Waals surface area contributed by atoms with E-state index >= 15 is 0 Å². The Hall–Kier alpha value is -0.970. The predicted molar refractivity (Wildman–Crippen MR) is 86.9 cm³/mol. The molecular formula is C16H21BrN2O. The summed E-state index contributed by atoms with van der Waals surface area (Å²) >= 11 is 3.58. The molecule has 1 aromatic carbocycles. The average molecular weight is 337 g/mol. The molecule has 0 aliphatic heterocycles. The summed E-state index contributed by atoms with van der Waals surface area (Å²) in [6.07, 6.45) is 4.12. The molecule has 1 atom stereocenters. The van der Waals surface area contributed by atoms with E-state index in [1.54, 1.807) is 7.11 Å². The van der Waals surface area contributed by atoms with Crippen LogP contribution < -0.4 is 5.32 Å². The van der Waals surface area contributed by atoms with E-state index in [1.807, 2.05) is 12.3 Å². The number of hydrogen-bond donors (Lipinski definition) is 1. The van der Waals surface area contributed by atoms with Crippen LogP contribution in [0.1, 0.15) is 25.3 Å². The fourth-order valence-electron chi connectivity index (χ4n) is 2.39. The number of methoxy groups -OCH3 is 1. The van der Waals surface area contributed by atoms with E-state index < -0.39 is 0 Å². The minimum atomic E-state index is 0.396. The topological polar surface area (TPSA) is 34.1 Å². The Kier molecular flexibility index (Phi) is 5.95. The molecule has 1 unspecified atom stereocenters. The standard InChI is InChI=1S/C16H21BrN2O/c1-3-5-13(11-20-2)19-10-12-7-8-15(17)14-6-4-9-18-16(12)14/h4,6-9,13,19H,3,5,10-11H2,1-2H3. The Morgan fingerprint density at radius 3 is 2.95 bits per heavy atom. The Morgan fingerprint density at radius 1 is 1.35 bits per heavy atom. The van der Waals surface area contributed by atoms with Gasteiger partial charge in [-0.25, -0.2) is 0 Å². The summed E-state index contributed by atoms with van der Waals surface area (Å²) in [5, 5.41) is 4.73. The van der Waals surface area contributed by atoms with Crippen molar-refractivity contribution in [2.24, 2.45) is 0 Å². The number of benzene rings is 1. The fraction of sp³-hybridized carbons (Fsp3) is 0.438. The maximum absolute atomic E-state index is 5.27. The van der Waals surface area contributed by atoms with Crippen LogP contribution in [0.15, 0.2) is 34.9 Å². The van der Waals surface area contributed by atoms with Gasteiger partial charge in [0.25, 0.3) is 0 Å². The molecule has 0 spiro atoms. The summed E-state index contributed by atoms with van der Waals surface area (Å²) < 4.78 is 6.36. The molecule has 1 aromatic heterocycles. The lowest BCUT2D eigenvalue weighted by Crippen LogP contribution is -2.32. The van der Waals surface area contributed by atoms with Gasteiger partial charge in [0.15, 0.2) is 0 Å². The van der Waals surface area contributed by atoms with Gasteiger partial charge in [-0.15, -0.1) is 0 Å². The number of nitrogens with zero attached hydrogens (tertiary/aromatic N) is 1. The molecule has 0 radical (unpaired) electrons. The molecule has 20 heavy (non-hydrogen) atoms. The molecule has 2 aromatic rings. The van der Waals surface area contributed by atoms with Gasteiger partial charge in [0, 0.05) is 35.8 Å². The fourth-order valence-corrected chi connectivity index (χ4v) is 2.84. The number of rotatable bonds is 7. The molecule has 2 rings (SSSR count). The first-order chi connectivity index (χ1) is 9.76. The van der Waals surface area contributed by atoms with Gasteiger partial charge in [-0.05, 0) is 24.1 Å². The highest BCUT2D eigenvalue weighted by Crippen LogP contribution is 2.25. The molecule has 0 aliphatic rings. The van der Waals surface area contributed by atoms with Crippen LogP contribution in [-0.4, -0.2) is 24.7 Å². The normalized spacial score (nSPS) is 12.8. The quantitative estimate of drug-likeness (QED) is 0.832. The Labute approximate surface area is 128 Å². The molecule has 4 heteroatoms. The van der Waals surface area contributed by atoms with Crippen LogP contribution >= 0.6 is 15.9 Å². The lowest BCUT2D eigenvalue weighted by atomic mass is 10.1. The van der Waals surface area contributed by atoms with Gasteiger partial charge in [-0.3, -0.25) is 4.98 Å². The van der Waals surface area contributed by atoms with Crippen LogP contribution in [0.2, 0.25) is 0 Å².